The number of allylic oxidation sites excluding steroid dienone is 1. The average molecular weight is 427 g/mol. The number of halogens is 2. The van der Waals surface area contributed by atoms with Crippen LogP contribution in [0, 0.1) is 17.6 Å². The van der Waals surface area contributed by atoms with Gasteiger partial charge in [0.05, 0.1) is 0 Å². The van der Waals surface area contributed by atoms with E-state index in [2.05, 4.69) is 19.1 Å². The average Bonchev–Trinajstić information content (AvgIpc) is 2.80. The zero-order chi connectivity index (χ0) is 22.1. The van der Waals surface area contributed by atoms with Crippen molar-refractivity contribution in [2.24, 2.45) is 5.92 Å². The van der Waals surface area contributed by atoms with Crippen LogP contribution < -0.4 is 4.74 Å². The summed E-state index contributed by atoms with van der Waals surface area (Å²) in [6.07, 6.45) is 15.4. The Bertz CT molecular complexity index is 833. The van der Waals surface area contributed by atoms with Crippen molar-refractivity contribution < 1.29 is 13.5 Å². The Morgan fingerprint density at radius 3 is 2.32 bits per heavy atom. The second-order valence-corrected chi connectivity index (χ2v) is 8.81. The molecule has 31 heavy (non-hydrogen) atoms. The third-order valence-corrected chi connectivity index (χ3v) is 6.62. The van der Waals surface area contributed by atoms with Gasteiger partial charge in [0.2, 0.25) is 5.82 Å². The Morgan fingerprint density at radius 1 is 0.903 bits per heavy atom. The smallest absolute Gasteiger partial charge is 0.201 e. The highest BCUT2D eigenvalue weighted by Crippen LogP contribution is 2.38. The first-order valence-corrected chi connectivity index (χ1v) is 12.0. The number of unbranched alkanes of at least 4 members (excludes halogenated alkanes) is 3. The molecule has 0 heterocycles. The van der Waals surface area contributed by atoms with E-state index in [0.717, 1.165) is 5.92 Å². The summed E-state index contributed by atoms with van der Waals surface area (Å²) >= 11 is 0. The van der Waals surface area contributed by atoms with E-state index in [4.69, 9.17) is 4.74 Å². The second-order valence-electron chi connectivity index (χ2n) is 8.81. The van der Waals surface area contributed by atoms with Gasteiger partial charge in [-0.05, 0) is 67.7 Å². The molecular weight excluding hydrogens is 390 g/mol. The fraction of sp³-hybridized carbons (Fsp3) is 0.500. The summed E-state index contributed by atoms with van der Waals surface area (Å²) in [5.41, 5.74) is 2.29. The van der Waals surface area contributed by atoms with Crippen molar-refractivity contribution in [1.82, 2.24) is 0 Å². The second kappa shape index (κ2) is 12.0. The molecule has 0 radical (unpaired) electrons. The third-order valence-electron chi connectivity index (χ3n) is 6.62. The minimum absolute atomic E-state index is 0.0533. The van der Waals surface area contributed by atoms with Crippen LogP contribution in [0.2, 0.25) is 0 Å². The zero-order valence-corrected chi connectivity index (χ0v) is 19.0. The Morgan fingerprint density at radius 2 is 1.65 bits per heavy atom. The summed E-state index contributed by atoms with van der Waals surface area (Å²) in [6, 6.07) is 11.1. The van der Waals surface area contributed by atoms with Crippen LogP contribution in [0.3, 0.4) is 0 Å². The molecule has 0 amide bonds. The summed E-state index contributed by atoms with van der Waals surface area (Å²) in [7, 11) is 0. The Labute approximate surface area is 186 Å². The number of hydrogen-bond acceptors (Lipinski definition) is 1. The van der Waals surface area contributed by atoms with E-state index < -0.39 is 11.6 Å². The van der Waals surface area contributed by atoms with Crippen LogP contribution in [0.5, 0.6) is 5.75 Å². The molecular formula is C28H36F2O. The minimum atomic E-state index is -0.927. The molecule has 1 aliphatic rings. The highest BCUT2D eigenvalue weighted by molar-refractivity contribution is 5.65. The van der Waals surface area contributed by atoms with Crippen LogP contribution in [0.25, 0.3) is 11.1 Å². The molecule has 1 saturated carbocycles. The van der Waals surface area contributed by atoms with Crippen LogP contribution in [-0.2, 0) is 0 Å². The maximum Gasteiger partial charge on any atom is 0.201 e. The van der Waals surface area contributed by atoms with Crippen molar-refractivity contribution in [2.45, 2.75) is 77.6 Å². The van der Waals surface area contributed by atoms with Crippen molar-refractivity contribution in [3.05, 3.63) is 65.7 Å². The normalized spacial score (nSPS) is 19.1. The van der Waals surface area contributed by atoms with Crippen molar-refractivity contribution in [2.75, 3.05) is 6.61 Å². The third kappa shape index (κ3) is 6.41. The van der Waals surface area contributed by atoms with Crippen molar-refractivity contribution >= 4 is 0 Å². The van der Waals surface area contributed by atoms with E-state index >= 15 is 0 Å². The maximum atomic E-state index is 14.6. The lowest BCUT2D eigenvalue weighted by molar-refractivity contribution is 0.302. The number of rotatable bonds is 10. The number of benzene rings is 2. The maximum absolute atomic E-state index is 14.6. The summed E-state index contributed by atoms with van der Waals surface area (Å²) < 4.78 is 34.3. The van der Waals surface area contributed by atoms with Gasteiger partial charge in [0.25, 0.3) is 0 Å². The zero-order valence-electron chi connectivity index (χ0n) is 19.0. The molecule has 0 saturated heterocycles. The molecule has 0 unspecified atom stereocenters. The van der Waals surface area contributed by atoms with Gasteiger partial charge in [-0.25, -0.2) is 4.39 Å². The van der Waals surface area contributed by atoms with Gasteiger partial charge in [0.15, 0.2) is 11.6 Å². The molecule has 2 aromatic rings. The highest BCUT2D eigenvalue weighted by Gasteiger charge is 2.22. The molecule has 2 aromatic carbocycles. The first-order valence-electron chi connectivity index (χ1n) is 12.0. The van der Waals surface area contributed by atoms with Gasteiger partial charge in [0.1, 0.15) is 6.61 Å². The lowest BCUT2D eigenvalue weighted by atomic mass is 9.77. The molecule has 1 aliphatic carbocycles. The quantitative estimate of drug-likeness (QED) is 0.272. The van der Waals surface area contributed by atoms with Gasteiger partial charge in [-0.2, -0.15) is 4.39 Å². The van der Waals surface area contributed by atoms with E-state index in [0.29, 0.717) is 11.5 Å². The SMILES string of the molecule is C/C=C/COc1ccc(-c2ccc(C3CCC(CCCCCC)CC3)cc2)c(F)c1F. The van der Waals surface area contributed by atoms with Crippen molar-refractivity contribution in [1.29, 1.82) is 0 Å². The van der Waals surface area contributed by atoms with Gasteiger partial charge in [-0.1, -0.05) is 75.4 Å². The van der Waals surface area contributed by atoms with Crippen LogP contribution in [0.4, 0.5) is 8.78 Å². The first-order chi connectivity index (χ1) is 15.1. The van der Waals surface area contributed by atoms with E-state index in [1.54, 1.807) is 12.1 Å². The summed E-state index contributed by atoms with van der Waals surface area (Å²) in [5, 5.41) is 0. The van der Waals surface area contributed by atoms with Gasteiger partial charge in [-0.15, -0.1) is 0 Å². The molecule has 0 atom stereocenters. The van der Waals surface area contributed by atoms with Gasteiger partial charge in [-0.3, -0.25) is 0 Å². The Hall–Kier alpha value is -2.16. The molecule has 168 valence electrons. The van der Waals surface area contributed by atoms with Crippen molar-refractivity contribution in [3.8, 4) is 16.9 Å². The molecule has 0 bridgehead atoms. The minimum Gasteiger partial charge on any atom is -0.486 e. The fourth-order valence-corrected chi connectivity index (χ4v) is 4.68. The monoisotopic (exact) mass is 426 g/mol. The highest BCUT2D eigenvalue weighted by atomic mass is 19.2. The summed E-state index contributed by atoms with van der Waals surface area (Å²) in [4.78, 5) is 0. The van der Waals surface area contributed by atoms with E-state index in [9.17, 15) is 8.78 Å². The van der Waals surface area contributed by atoms with Crippen molar-refractivity contribution in [3.63, 3.8) is 0 Å². The molecule has 0 aliphatic heterocycles. The van der Waals surface area contributed by atoms with Gasteiger partial charge < -0.3 is 4.74 Å². The number of ether oxygens (including phenoxy) is 1. The van der Waals surface area contributed by atoms with Crippen LogP contribution in [0.1, 0.15) is 83.1 Å². The summed E-state index contributed by atoms with van der Waals surface area (Å²) in [5.74, 6) is -0.358. The summed E-state index contributed by atoms with van der Waals surface area (Å²) in [6.45, 7) is 4.34. The molecule has 3 rings (SSSR count). The van der Waals surface area contributed by atoms with Crippen LogP contribution >= 0.6 is 0 Å². The molecule has 0 N–H and O–H groups in total. The molecule has 3 heteroatoms. The molecule has 0 aromatic heterocycles. The van der Waals surface area contributed by atoms with Gasteiger partial charge >= 0.3 is 0 Å². The lowest BCUT2D eigenvalue weighted by Gasteiger charge is -2.29. The lowest BCUT2D eigenvalue weighted by Crippen LogP contribution is -2.13. The topological polar surface area (TPSA) is 9.23 Å². The van der Waals surface area contributed by atoms with E-state index in [-0.39, 0.29) is 17.9 Å². The first kappa shape index (κ1) is 23.5. The van der Waals surface area contributed by atoms with E-state index in [1.807, 2.05) is 25.1 Å². The largest absolute Gasteiger partial charge is 0.486 e. The standard InChI is InChI=1S/C28H36F2O/c1-3-5-7-8-9-21-10-12-22(13-11-21)23-14-16-24(17-15-23)25-18-19-26(28(30)27(25)29)31-20-6-4-2/h4,6,14-19,21-22H,3,5,7-13,20H2,1-2H3/b6-4+. The van der Waals surface area contributed by atoms with E-state index in [1.165, 1.54) is 69.4 Å². The molecule has 0 spiro atoms. The predicted octanol–water partition coefficient (Wildman–Crippen LogP) is 8.83. The molecule has 1 fully saturated rings. The Balaban J connectivity index is 1.59. The Kier molecular flexibility index (Phi) is 9.12. The molecule has 1 nitrogen and oxygen atoms in total. The number of hydrogen-bond donors (Lipinski definition) is 0. The predicted molar refractivity (Wildman–Crippen MR) is 126 cm³/mol. The fourth-order valence-electron chi connectivity index (χ4n) is 4.68. The van der Waals surface area contributed by atoms with Gasteiger partial charge in [0, 0.05) is 5.56 Å². The van der Waals surface area contributed by atoms with Crippen LogP contribution in [-0.4, -0.2) is 6.61 Å². The van der Waals surface area contributed by atoms with Crippen LogP contribution in [0.15, 0.2) is 48.6 Å².